The highest BCUT2D eigenvalue weighted by molar-refractivity contribution is 7.99. The lowest BCUT2D eigenvalue weighted by atomic mass is 10.1. The summed E-state index contributed by atoms with van der Waals surface area (Å²) >= 11 is 1.57. The molecule has 0 unspecified atom stereocenters. The van der Waals surface area contributed by atoms with E-state index in [0.29, 0.717) is 36.7 Å². The topological polar surface area (TPSA) is 89.5 Å². The summed E-state index contributed by atoms with van der Waals surface area (Å²) in [4.78, 5) is 21.6. The molecule has 1 saturated heterocycles. The molecule has 1 aromatic rings. The van der Waals surface area contributed by atoms with Crippen molar-refractivity contribution in [3.8, 4) is 0 Å². The largest absolute Gasteiger partial charge is 0.416 e. The molecular weight excluding hydrogens is 327 g/mol. The Morgan fingerprint density at radius 1 is 1.05 bits per heavy atom. The Balaban J connectivity index is 2.67. The Morgan fingerprint density at radius 2 is 1.50 bits per heavy atom. The standard InChI is InChI=1S/C11H10F3N3O4S/c12-11(13,14)7-5-8(16(18)19)10(9(6-7)17(20)21)15-1-3-22-4-2-15/h5-6H,1-4H2. The first kappa shape index (κ1) is 16.3. The fourth-order valence-corrected chi connectivity index (χ4v) is 3.06. The molecule has 0 atom stereocenters. The first-order valence-electron chi connectivity index (χ1n) is 6.08. The SMILES string of the molecule is O=[N+]([O-])c1cc(C(F)(F)F)cc([N+](=O)[O-])c1N1CCSCC1. The number of hydrogen-bond acceptors (Lipinski definition) is 6. The highest BCUT2D eigenvalue weighted by Crippen LogP contribution is 2.43. The number of anilines is 1. The quantitative estimate of drug-likeness (QED) is 0.622. The number of thioether (sulfide) groups is 1. The average Bonchev–Trinajstić information content (AvgIpc) is 2.45. The van der Waals surface area contributed by atoms with Crippen molar-refractivity contribution in [3.63, 3.8) is 0 Å². The molecule has 0 bridgehead atoms. The van der Waals surface area contributed by atoms with Gasteiger partial charge < -0.3 is 4.90 Å². The number of alkyl halides is 3. The number of nitrogens with zero attached hydrogens (tertiary/aromatic N) is 3. The number of nitro groups is 2. The molecule has 2 rings (SSSR count). The minimum Gasteiger partial charge on any atom is -0.359 e. The third-order valence-corrected chi connectivity index (χ3v) is 4.06. The molecule has 1 aliphatic rings. The van der Waals surface area contributed by atoms with Gasteiger partial charge in [-0.1, -0.05) is 0 Å². The molecular formula is C11H10F3N3O4S. The highest BCUT2D eigenvalue weighted by atomic mass is 32.2. The first-order valence-corrected chi connectivity index (χ1v) is 7.24. The Bertz CT molecular complexity index is 582. The Kier molecular flexibility index (Phi) is 4.44. The van der Waals surface area contributed by atoms with Crippen LogP contribution in [0.1, 0.15) is 5.56 Å². The summed E-state index contributed by atoms with van der Waals surface area (Å²) in [5, 5.41) is 22.2. The molecule has 1 fully saturated rings. The van der Waals surface area contributed by atoms with Crippen LogP contribution in [0.5, 0.6) is 0 Å². The molecule has 11 heteroatoms. The van der Waals surface area contributed by atoms with Gasteiger partial charge >= 0.3 is 6.18 Å². The van der Waals surface area contributed by atoms with Crippen molar-refractivity contribution >= 4 is 28.8 Å². The summed E-state index contributed by atoms with van der Waals surface area (Å²) in [6.45, 7) is 0.607. The van der Waals surface area contributed by atoms with Gasteiger partial charge in [-0.05, 0) is 0 Å². The van der Waals surface area contributed by atoms with Crippen LogP contribution in [0.3, 0.4) is 0 Å². The van der Waals surface area contributed by atoms with E-state index in [4.69, 9.17) is 0 Å². The van der Waals surface area contributed by atoms with Gasteiger partial charge in [-0.2, -0.15) is 24.9 Å². The molecule has 1 aromatic carbocycles. The lowest BCUT2D eigenvalue weighted by molar-refractivity contribution is -0.393. The Hall–Kier alpha value is -2.04. The van der Waals surface area contributed by atoms with E-state index in [1.165, 1.54) is 4.90 Å². The van der Waals surface area contributed by atoms with Crippen molar-refractivity contribution in [3.05, 3.63) is 37.9 Å². The summed E-state index contributed by atoms with van der Waals surface area (Å²) in [5.74, 6) is 1.19. The lowest BCUT2D eigenvalue weighted by Crippen LogP contribution is -2.33. The molecule has 0 saturated carbocycles. The van der Waals surface area contributed by atoms with Crippen LogP contribution in [-0.2, 0) is 6.18 Å². The molecule has 0 aliphatic carbocycles. The number of nitro benzene ring substituents is 2. The second-order valence-corrected chi connectivity index (χ2v) is 5.70. The van der Waals surface area contributed by atoms with Crippen LogP contribution in [0, 0.1) is 20.2 Å². The lowest BCUT2D eigenvalue weighted by Gasteiger charge is -2.27. The number of hydrogen-bond donors (Lipinski definition) is 0. The number of halogens is 3. The van der Waals surface area contributed by atoms with Gasteiger partial charge in [0.1, 0.15) is 0 Å². The fraction of sp³-hybridized carbons (Fsp3) is 0.455. The molecule has 0 N–H and O–H groups in total. The van der Waals surface area contributed by atoms with Crippen LogP contribution in [-0.4, -0.2) is 34.4 Å². The molecule has 1 heterocycles. The van der Waals surface area contributed by atoms with Gasteiger partial charge in [-0.3, -0.25) is 20.2 Å². The van der Waals surface area contributed by atoms with E-state index in [9.17, 15) is 33.4 Å². The molecule has 120 valence electrons. The normalized spacial score (nSPS) is 15.7. The molecule has 0 aromatic heterocycles. The molecule has 1 aliphatic heterocycles. The molecule has 0 spiro atoms. The summed E-state index contributed by atoms with van der Waals surface area (Å²) in [7, 11) is 0. The van der Waals surface area contributed by atoms with Gasteiger partial charge in [-0.25, -0.2) is 0 Å². The zero-order valence-corrected chi connectivity index (χ0v) is 11.8. The highest BCUT2D eigenvalue weighted by Gasteiger charge is 2.39. The van der Waals surface area contributed by atoms with Gasteiger partial charge in [0.25, 0.3) is 11.4 Å². The average molecular weight is 337 g/mol. The van der Waals surface area contributed by atoms with E-state index in [2.05, 4.69) is 0 Å². The van der Waals surface area contributed by atoms with Gasteiger partial charge in [-0.15, -0.1) is 0 Å². The Labute approximate surface area is 126 Å². The van der Waals surface area contributed by atoms with Gasteiger partial charge in [0.15, 0.2) is 5.69 Å². The van der Waals surface area contributed by atoms with Gasteiger partial charge in [0.2, 0.25) is 0 Å². The van der Waals surface area contributed by atoms with E-state index in [1.54, 1.807) is 11.8 Å². The van der Waals surface area contributed by atoms with E-state index in [-0.39, 0.29) is 5.69 Å². The minimum absolute atomic E-state index is 0.303. The molecule has 22 heavy (non-hydrogen) atoms. The fourth-order valence-electron chi connectivity index (χ4n) is 2.16. The first-order chi connectivity index (χ1) is 10.2. The van der Waals surface area contributed by atoms with E-state index >= 15 is 0 Å². The maximum absolute atomic E-state index is 12.8. The Morgan fingerprint density at radius 3 is 1.86 bits per heavy atom. The number of benzene rings is 1. The van der Waals surface area contributed by atoms with E-state index in [1.807, 2.05) is 0 Å². The van der Waals surface area contributed by atoms with Crippen molar-refractivity contribution in [1.29, 1.82) is 0 Å². The van der Waals surface area contributed by atoms with Crippen molar-refractivity contribution < 1.29 is 23.0 Å². The number of rotatable bonds is 3. The van der Waals surface area contributed by atoms with Crippen LogP contribution in [0.2, 0.25) is 0 Å². The molecule has 0 amide bonds. The van der Waals surface area contributed by atoms with Crippen LogP contribution in [0.15, 0.2) is 12.1 Å². The monoisotopic (exact) mass is 337 g/mol. The predicted octanol–water partition coefficient (Wildman–Crippen LogP) is 3.08. The van der Waals surface area contributed by atoms with E-state index < -0.39 is 33.0 Å². The third-order valence-electron chi connectivity index (χ3n) is 3.12. The second kappa shape index (κ2) is 5.99. The van der Waals surface area contributed by atoms with Crippen LogP contribution in [0.25, 0.3) is 0 Å². The summed E-state index contributed by atoms with van der Waals surface area (Å²) in [6, 6.07) is 0.703. The summed E-state index contributed by atoms with van der Waals surface area (Å²) in [5.41, 5.74) is -3.55. The van der Waals surface area contributed by atoms with Crippen molar-refractivity contribution in [2.75, 3.05) is 29.5 Å². The van der Waals surface area contributed by atoms with Crippen LogP contribution < -0.4 is 4.90 Å². The third kappa shape index (κ3) is 3.24. The molecule has 0 radical (unpaired) electrons. The molecule has 7 nitrogen and oxygen atoms in total. The summed E-state index contributed by atoms with van der Waals surface area (Å²) in [6.07, 6.45) is -4.90. The van der Waals surface area contributed by atoms with Gasteiger partial charge in [0, 0.05) is 36.7 Å². The summed E-state index contributed by atoms with van der Waals surface area (Å²) < 4.78 is 38.4. The zero-order valence-electron chi connectivity index (χ0n) is 11.0. The second-order valence-electron chi connectivity index (χ2n) is 4.47. The van der Waals surface area contributed by atoms with Crippen molar-refractivity contribution in [2.45, 2.75) is 6.18 Å². The van der Waals surface area contributed by atoms with E-state index in [0.717, 1.165) is 0 Å². The van der Waals surface area contributed by atoms with Crippen LogP contribution >= 0.6 is 11.8 Å². The van der Waals surface area contributed by atoms with Crippen molar-refractivity contribution in [2.24, 2.45) is 0 Å². The maximum Gasteiger partial charge on any atom is 0.416 e. The predicted molar refractivity (Wildman–Crippen MR) is 74.3 cm³/mol. The van der Waals surface area contributed by atoms with Crippen LogP contribution in [0.4, 0.5) is 30.2 Å². The maximum atomic E-state index is 12.8. The smallest absolute Gasteiger partial charge is 0.359 e. The van der Waals surface area contributed by atoms with Gasteiger partial charge in [0.05, 0.1) is 15.4 Å². The minimum atomic E-state index is -4.90. The zero-order chi connectivity index (χ0) is 16.5. The van der Waals surface area contributed by atoms with Crippen molar-refractivity contribution in [1.82, 2.24) is 0 Å².